The van der Waals surface area contributed by atoms with Crippen molar-refractivity contribution in [1.29, 1.82) is 0 Å². The van der Waals surface area contributed by atoms with Crippen LogP contribution in [0.4, 0.5) is 0 Å². The highest BCUT2D eigenvalue weighted by Crippen LogP contribution is 2.32. The third kappa shape index (κ3) is 5.06. The largest absolute Gasteiger partial charge is 0.307 e. The van der Waals surface area contributed by atoms with Crippen LogP contribution < -0.4 is 10.0 Å². The van der Waals surface area contributed by atoms with Gasteiger partial charge in [0.1, 0.15) is 0 Å². The average molecular weight is 431 g/mol. The summed E-state index contributed by atoms with van der Waals surface area (Å²) in [5, 5.41) is 3.59. The van der Waals surface area contributed by atoms with Crippen molar-refractivity contribution < 1.29 is 8.42 Å². The zero-order valence-electron chi connectivity index (χ0n) is 16.3. The maximum atomic E-state index is 13.2. The highest BCUT2D eigenvalue weighted by molar-refractivity contribution is 9.10. The summed E-state index contributed by atoms with van der Waals surface area (Å²) in [7, 11) is -3.57. The molecule has 1 aliphatic heterocycles. The van der Waals surface area contributed by atoms with Crippen LogP contribution in [0.1, 0.15) is 71.4 Å². The van der Waals surface area contributed by atoms with Crippen LogP contribution >= 0.6 is 15.9 Å². The van der Waals surface area contributed by atoms with Gasteiger partial charge in [0.2, 0.25) is 10.0 Å². The van der Waals surface area contributed by atoms with Crippen LogP contribution in [0.3, 0.4) is 0 Å². The molecule has 1 aromatic rings. The van der Waals surface area contributed by atoms with Gasteiger partial charge in [0, 0.05) is 21.6 Å². The highest BCUT2D eigenvalue weighted by Gasteiger charge is 2.39. The summed E-state index contributed by atoms with van der Waals surface area (Å²) in [5.74, 6) is 0.129. The Hall–Kier alpha value is -0.430. The molecule has 0 atom stereocenters. The number of benzene rings is 1. The van der Waals surface area contributed by atoms with E-state index in [0.29, 0.717) is 4.90 Å². The fourth-order valence-electron chi connectivity index (χ4n) is 4.04. The number of aryl methyl sites for hydroxylation is 1. The van der Waals surface area contributed by atoms with Gasteiger partial charge in [-0.05, 0) is 76.6 Å². The predicted molar refractivity (Wildman–Crippen MR) is 108 cm³/mol. The van der Waals surface area contributed by atoms with Crippen LogP contribution in [-0.4, -0.2) is 25.5 Å². The highest BCUT2D eigenvalue weighted by atomic mass is 79.9. The second-order valence-corrected chi connectivity index (χ2v) is 11.4. The van der Waals surface area contributed by atoms with Gasteiger partial charge < -0.3 is 5.32 Å². The molecule has 0 aliphatic carbocycles. The number of halogens is 1. The molecule has 0 aromatic heterocycles. The molecule has 1 fully saturated rings. The van der Waals surface area contributed by atoms with Gasteiger partial charge in [-0.1, -0.05) is 29.8 Å². The molecule has 6 heteroatoms. The van der Waals surface area contributed by atoms with E-state index in [-0.39, 0.29) is 23.0 Å². The van der Waals surface area contributed by atoms with Crippen molar-refractivity contribution in [3.63, 3.8) is 0 Å². The van der Waals surface area contributed by atoms with E-state index >= 15 is 0 Å². The molecule has 142 valence electrons. The van der Waals surface area contributed by atoms with Gasteiger partial charge in [-0.2, -0.15) is 0 Å². The Labute approximate surface area is 161 Å². The molecule has 1 saturated heterocycles. The Kier molecular flexibility index (Phi) is 5.80. The van der Waals surface area contributed by atoms with E-state index in [1.165, 1.54) is 0 Å². The molecule has 2 N–H and O–H groups in total. The molecule has 1 heterocycles. The minimum Gasteiger partial charge on any atom is -0.307 e. The Morgan fingerprint density at radius 3 is 2.16 bits per heavy atom. The van der Waals surface area contributed by atoms with Gasteiger partial charge in [0.25, 0.3) is 0 Å². The lowest BCUT2D eigenvalue weighted by molar-refractivity contribution is 0.157. The second kappa shape index (κ2) is 6.95. The van der Waals surface area contributed by atoms with Gasteiger partial charge in [-0.15, -0.1) is 0 Å². The van der Waals surface area contributed by atoms with Crippen LogP contribution in [0, 0.1) is 6.92 Å². The number of piperidine rings is 1. The fraction of sp³-hybridized carbons (Fsp3) is 0.684. The van der Waals surface area contributed by atoms with Gasteiger partial charge in [-0.25, -0.2) is 13.1 Å². The number of nitrogens with one attached hydrogen (secondary N) is 2. The van der Waals surface area contributed by atoms with Crippen molar-refractivity contribution in [3.8, 4) is 0 Å². The predicted octanol–water partition coefficient (Wildman–Crippen LogP) is 4.47. The maximum absolute atomic E-state index is 13.2. The molecule has 25 heavy (non-hydrogen) atoms. The van der Waals surface area contributed by atoms with Crippen LogP contribution in [-0.2, 0) is 10.0 Å². The number of rotatable bonds is 4. The molecule has 0 spiro atoms. The van der Waals surface area contributed by atoms with Gasteiger partial charge >= 0.3 is 0 Å². The molecule has 0 radical (unpaired) electrons. The molecular formula is C19H31BrN2O2S. The minimum atomic E-state index is -3.57. The van der Waals surface area contributed by atoms with Crippen molar-refractivity contribution in [2.24, 2.45) is 0 Å². The Bertz CT molecular complexity index is 739. The van der Waals surface area contributed by atoms with Gasteiger partial charge in [-0.3, -0.25) is 0 Å². The van der Waals surface area contributed by atoms with E-state index in [4.69, 9.17) is 0 Å². The summed E-state index contributed by atoms with van der Waals surface area (Å²) in [6, 6.07) is 3.63. The monoisotopic (exact) mass is 430 g/mol. The lowest BCUT2D eigenvalue weighted by atomic mass is 9.80. The Morgan fingerprint density at radius 2 is 1.68 bits per heavy atom. The zero-order chi connectivity index (χ0) is 19.2. The van der Waals surface area contributed by atoms with Crippen LogP contribution in [0.25, 0.3) is 0 Å². The van der Waals surface area contributed by atoms with Crippen molar-refractivity contribution in [3.05, 3.63) is 27.7 Å². The minimum absolute atomic E-state index is 0.0831. The first-order chi connectivity index (χ1) is 11.2. The third-order valence-electron chi connectivity index (χ3n) is 4.71. The van der Waals surface area contributed by atoms with E-state index in [1.54, 1.807) is 6.07 Å². The normalized spacial score (nSPS) is 20.8. The lowest BCUT2D eigenvalue weighted by Crippen LogP contribution is -2.62. The number of hydrogen-bond acceptors (Lipinski definition) is 3. The third-order valence-corrected chi connectivity index (χ3v) is 7.15. The molecule has 0 unspecified atom stereocenters. The first-order valence-electron chi connectivity index (χ1n) is 8.84. The number of hydrogen-bond donors (Lipinski definition) is 2. The molecule has 2 rings (SSSR count). The van der Waals surface area contributed by atoms with Gasteiger partial charge in [0.05, 0.1) is 4.90 Å². The zero-order valence-corrected chi connectivity index (χ0v) is 18.7. The smallest absolute Gasteiger partial charge is 0.241 e. The molecule has 4 nitrogen and oxygen atoms in total. The lowest BCUT2D eigenvalue weighted by Gasteiger charge is -2.46. The van der Waals surface area contributed by atoms with Crippen molar-refractivity contribution in [2.45, 2.75) is 89.2 Å². The summed E-state index contributed by atoms with van der Waals surface area (Å²) >= 11 is 3.52. The topological polar surface area (TPSA) is 58.2 Å². The SMILES string of the molecule is Cc1cc(S(=O)(=O)NC2CC(C)(C)NC(C)(C)C2)c(C(C)C)cc1Br. The molecule has 0 amide bonds. The van der Waals surface area contributed by atoms with E-state index < -0.39 is 10.0 Å². The first-order valence-corrected chi connectivity index (χ1v) is 11.1. The molecule has 1 aromatic carbocycles. The van der Waals surface area contributed by atoms with E-state index in [1.807, 2.05) is 26.8 Å². The van der Waals surface area contributed by atoms with E-state index in [2.05, 4.69) is 53.7 Å². The van der Waals surface area contributed by atoms with E-state index in [9.17, 15) is 8.42 Å². The molecule has 1 aliphatic rings. The summed E-state index contributed by atoms with van der Waals surface area (Å²) in [5.41, 5.74) is 1.56. The Balaban J connectivity index is 2.38. The summed E-state index contributed by atoms with van der Waals surface area (Å²) in [6.45, 7) is 14.5. The summed E-state index contributed by atoms with van der Waals surface area (Å²) in [6.07, 6.45) is 1.53. The van der Waals surface area contributed by atoms with Gasteiger partial charge in [0.15, 0.2) is 0 Å². The maximum Gasteiger partial charge on any atom is 0.241 e. The summed E-state index contributed by atoms with van der Waals surface area (Å²) in [4.78, 5) is 0.400. The molecule has 0 saturated carbocycles. The van der Waals surface area contributed by atoms with Crippen LogP contribution in [0.2, 0.25) is 0 Å². The summed E-state index contributed by atoms with van der Waals surface area (Å²) < 4.78 is 30.3. The standard InChI is InChI=1S/C19H31BrN2O2S/c1-12(2)15-9-16(20)13(3)8-17(15)25(23,24)21-14-10-18(4,5)22-19(6,7)11-14/h8-9,12,14,21-22H,10-11H2,1-7H3. The second-order valence-electron chi connectivity index (χ2n) is 8.91. The Morgan fingerprint density at radius 1 is 1.16 bits per heavy atom. The van der Waals surface area contributed by atoms with Crippen molar-refractivity contribution in [1.82, 2.24) is 10.0 Å². The first kappa shape index (κ1) is 20.9. The average Bonchev–Trinajstić information content (AvgIpc) is 2.36. The van der Waals surface area contributed by atoms with Crippen LogP contribution in [0.5, 0.6) is 0 Å². The number of sulfonamides is 1. The van der Waals surface area contributed by atoms with Crippen molar-refractivity contribution in [2.75, 3.05) is 0 Å². The van der Waals surface area contributed by atoms with E-state index in [0.717, 1.165) is 28.4 Å². The quantitative estimate of drug-likeness (QED) is 0.740. The molecular weight excluding hydrogens is 400 g/mol. The van der Waals surface area contributed by atoms with Crippen LogP contribution in [0.15, 0.2) is 21.5 Å². The fourth-order valence-corrected chi connectivity index (χ4v) is 6.07. The van der Waals surface area contributed by atoms with Crippen molar-refractivity contribution >= 4 is 26.0 Å². The molecule has 0 bridgehead atoms.